The van der Waals surface area contributed by atoms with E-state index in [0.29, 0.717) is 11.3 Å². The van der Waals surface area contributed by atoms with Gasteiger partial charge in [0, 0.05) is 53.6 Å². The van der Waals surface area contributed by atoms with Crippen LogP contribution in [0.1, 0.15) is 21.5 Å². The zero-order chi connectivity index (χ0) is 25.7. The van der Waals surface area contributed by atoms with Crippen molar-refractivity contribution in [1.82, 2.24) is 10.2 Å². The molecule has 0 atom stereocenters. The van der Waals surface area contributed by atoms with Crippen molar-refractivity contribution < 1.29 is 9.53 Å². The van der Waals surface area contributed by atoms with Crippen LogP contribution in [0.4, 0.5) is 11.4 Å². The monoisotopic (exact) mass is 586 g/mol. The number of hydrogen-bond acceptors (Lipinski definition) is 5. The molecule has 9 heteroatoms. The van der Waals surface area contributed by atoms with Gasteiger partial charge in [0.15, 0.2) is 5.11 Å². The number of nitrogens with one attached hydrogen (secondary N) is 2. The van der Waals surface area contributed by atoms with Crippen molar-refractivity contribution in [3.8, 4) is 5.75 Å². The number of thiocarbonyl (C=S) groups is 1. The van der Waals surface area contributed by atoms with Crippen LogP contribution in [0, 0.1) is 6.92 Å². The van der Waals surface area contributed by atoms with E-state index in [1.807, 2.05) is 43.3 Å². The first-order valence-corrected chi connectivity index (χ1v) is 13.2. The van der Waals surface area contributed by atoms with Gasteiger partial charge >= 0.3 is 0 Å². The van der Waals surface area contributed by atoms with Gasteiger partial charge in [0.05, 0.1) is 12.7 Å². The van der Waals surface area contributed by atoms with Crippen molar-refractivity contribution >= 4 is 62.1 Å². The molecule has 3 aromatic rings. The van der Waals surface area contributed by atoms with Gasteiger partial charge in [-0.15, -0.1) is 0 Å². The summed E-state index contributed by atoms with van der Waals surface area (Å²) < 4.78 is 6.20. The Morgan fingerprint density at radius 2 is 1.78 bits per heavy atom. The molecule has 2 N–H and O–H groups in total. The van der Waals surface area contributed by atoms with Gasteiger partial charge in [-0.1, -0.05) is 45.7 Å². The quantitative estimate of drug-likeness (QED) is 0.352. The Hall–Kier alpha value is -2.65. The number of benzene rings is 3. The lowest BCUT2D eigenvalue weighted by Crippen LogP contribution is -2.46. The molecule has 0 aliphatic carbocycles. The van der Waals surface area contributed by atoms with Gasteiger partial charge in [0.25, 0.3) is 5.91 Å². The Bertz CT molecular complexity index is 1250. The van der Waals surface area contributed by atoms with Gasteiger partial charge in [-0.05, 0) is 72.7 Å². The zero-order valence-electron chi connectivity index (χ0n) is 20.2. The van der Waals surface area contributed by atoms with E-state index in [1.165, 1.54) is 5.56 Å². The fourth-order valence-corrected chi connectivity index (χ4v) is 5.27. The summed E-state index contributed by atoms with van der Waals surface area (Å²) in [5, 5.41) is 6.87. The lowest BCUT2D eigenvalue weighted by Gasteiger charge is -2.36. The number of rotatable bonds is 6. The molecule has 0 unspecified atom stereocenters. The highest BCUT2D eigenvalue weighted by Crippen LogP contribution is 2.28. The van der Waals surface area contributed by atoms with Crippen molar-refractivity contribution in [3.05, 3.63) is 86.8 Å². The number of halogens is 2. The summed E-state index contributed by atoms with van der Waals surface area (Å²) in [5.74, 6) is 0.190. The summed E-state index contributed by atoms with van der Waals surface area (Å²) in [6.07, 6.45) is 0. The summed E-state index contributed by atoms with van der Waals surface area (Å²) in [6.45, 7) is 6.58. The highest BCUT2D eigenvalue weighted by molar-refractivity contribution is 9.10. The summed E-state index contributed by atoms with van der Waals surface area (Å²) >= 11 is 15.1. The van der Waals surface area contributed by atoms with Crippen LogP contribution in [0.25, 0.3) is 0 Å². The van der Waals surface area contributed by atoms with Gasteiger partial charge in [0.2, 0.25) is 0 Å². The second-order valence-corrected chi connectivity index (χ2v) is 10.3. The fraction of sp³-hybridized carbons (Fsp3) is 0.259. The zero-order valence-corrected chi connectivity index (χ0v) is 23.3. The van der Waals surface area contributed by atoms with Gasteiger partial charge in [-0.25, -0.2) is 0 Å². The molecule has 0 spiro atoms. The predicted molar refractivity (Wildman–Crippen MR) is 155 cm³/mol. The number of piperazine rings is 1. The molecule has 6 nitrogen and oxygen atoms in total. The molecule has 3 aromatic carbocycles. The Balaban J connectivity index is 1.30. The van der Waals surface area contributed by atoms with Crippen LogP contribution in [0.5, 0.6) is 5.75 Å². The normalized spacial score (nSPS) is 13.8. The number of carbonyl (C=O) groups is 1. The van der Waals surface area contributed by atoms with Crippen LogP contribution in [0.3, 0.4) is 0 Å². The number of amides is 1. The molecule has 0 bridgehead atoms. The fourth-order valence-electron chi connectivity index (χ4n) is 4.29. The minimum atomic E-state index is -0.333. The summed E-state index contributed by atoms with van der Waals surface area (Å²) in [5.41, 5.74) is 4.40. The first kappa shape index (κ1) is 26.4. The summed E-state index contributed by atoms with van der Waals surface area (Å²) in [6, 6.07) is 19.7. The number of aryl methyl sites for hydroxylation is 1. The highest BCUT2D eigenvalue weighted by Gasteiger charge is 2.19. The average Bonchev–Trinajstić information content (AvgIpc) is 2.86. The standard InChI is InChI=1S/C27H28BrClN4O2S/c1-18-15-20(28)16-23(25(18)35-2)26(34)31-27(36)30-21-7-9-22(10-8-21)33-13-11-32(12-14-33)17-19-5-3-4-6-24(19)29/h3-10,15-16H,11-14,17H2,1-2H3,(H2,30,31,34,36). The van der Waals surface area contributed by atoms with Crippen molar-refractivity contribution in [2.75, 3.05) is 43.5 Å². The molecule has 1 fully saturated rings. The molecular formula is C27H28BrClN4O2S. The molecule has 0 radical (unpaired) electrons. The highest BCUT2D eigenvalue weighted by atomic mass is 79.9. The molecule has 188 valence electrons. The van der Waals surface area contributed by atoms with Crippen molar-refractivity contribution in [2.45, 2.75) is 13.5 Å². The van der Waals surface area contributed by atoms with Crippen LogP contribution < -0.4 is 20.3 Å². The molecule has 4 rings (SSSR count). The van der Waals surface area contributed by atoms with E-state index in [0.717, 1.165) is 59.2 Å². The van der Waals surface area contributed by atoms with E-state index in [-0.39, 0.29) is 11.0 Å². The Labute approximate surface area is 230 Å². The average molecular weight is 588 g/mol. The molecular weight excluding hydrogens is 560 g/mol. The smallest absolute Gasteiger partial charge is 0.261 e. The first-order chi connectivity index (χ1) is 17.3. The topological polar surface area (TPSA) is 56.8 Å². The summed E-state index contributed by atoms with van der Waals surface area (Å²) in [7, 11) is 1.55. The minimum absolute atomic E-state index is 0.223. The van der Waals surface area contributed by atoms with Crippen LogP contribution >= 0.6 is 39.7 Å². The molecule has 1 heterocycles. The second-order valence-electron chi connectivity index (χ2n) is 8.61. The van der Waals surface area contributed by atoms with Gasteiger partial charge in [-0.2, -0.15) is 0 Å². The second kappa shape index (κ2) is 12.1. The maximum absolute atomic E-state index is 12.8. The number of carbonyl (C=O) groups excluding carboxylic acids is 1. The Kier molecular flexibility index (Phi) is 8.85. The molecule has 36 heavy (non-hydrogen) atoms. The van der Waals surface area contributed by atoms with E-state index >= 15 is 0 Å². The molecule has 1 saturated heterocycles. The van der Waals surface area contributed by atoms with E-state index in [9.17, 15) is 4.79 Å². The molecule has 1 aliphatic heterocycles. The largest absolute Gasteiger partial charge is 0.496 e. The van der Waals surface area contributed by atoms with E-state index in [1.54, 1.807) is 13.2 Å². The SMILES string of the molecule is COc1c(C)cc(Br)cc1C(=O)NC(=S)Nc1ccc(N2CCN(Cc3ccccc3Cl)CC2)cc1. The molecule has 0 saturated carbocycles. The first-order valence-electron chi connectivity index (χ1n) is 11.6. The molecule has 0 aromatic heterocycles. The Morgan fingerprint density at radius 3 is 2.44 bits per heavy atom. The van der Waals surface area contributed by atoms with E-state index < -0.39 is 0 Å². The third-order valence-electron chi connectivity index (χ3n) is 6.13. The van der Waals surface area contributed by atoms with Gasteiger partial charge in [-0.3, -0.25) is 15.0 Å². The summed E-state index contributed by atoms with van der Waals surface area (Å²) in [4.78, 5) is 17.6. The third-order valence-corrected chi connectivity index (χ3v) is 7.16. The maximum atomic E-state index is 12.8. The predicted octanol–water partition coefficient (Wildman–Crippen LogP) is 5.87. The lowest BCUT2D eigenvalue weighted by molar-refractivity contribution is 0.0974. The minimum Gasteiger partial charge on any atom is -0.496 e. The number of hydrogen-bond donors (Lipinski definition) is 2. The van der Waals surface area contributed by atoms with Gasteiger partial charge < -0.3 is 15.0 Å². The van der Waals surface area contributed by atoms with Crippen molar-refractivity contribution in [3.63, 3.8) is 0 Å². The van der Waals surface area contributed by atoms with Crippen molar-refractivity contribution in [2.24, 2.45) is 0 Å². The Morgan fingerprint density at radius 1 is 1.08 bits per heavy atom. The van der Waals surface area contributed by atoms with Gasteiger partial charge in [0.1, 0.15) is 5.75 Å². The number of nitrogens with zero attached hydrogens (tertiary/aromatic N) is 2. The molecule has 1 amide bonds. The van der Waals surface area contributed by atoms with E-state index in [4.69, 9.17) is 28.6 Å². The third kappa shape index (κ3) is 6.56. The number of methoxy groups -OCH3 is 1. The van der Waals surface area contributed by atoms with Crippen LogP contribution in [0.2, 0.25) is 5.02 Å². The van der Waals surface area contributed by atoms with E-state index in [2.05, 4.69) is 54.6 Å². The van der Waals surface area contributed by atoms with Crippen molar-refractivity contribution in [1.29, 1.82) is 0 Å². The van der Waals surface area contributed by atoms with Crippen LogP contribution in [0.15, 0.2) is 65.1 Å². The number of ether oxygens (including phenoxy) is 1. The number of anilines is 2. The maximum Gasteiger partial charge on any atom is 0.261 e. The molecule has 1 aliphatic rings. The van der Waals surface area contributed by atoms with Crippen LogP contribution in [-0.2, 0) is 6.54 Å². The van der Waals surface area contributed by atoms with Crippen LogP contribution in [-0.4, -0.2) is 49.2 Å². The lowest BCUT2D eigenvalue weighted by atomic mass is 10.1.